The van der Waals surface area contributed by atoms with E-state index in [1.54, 1.807) is 10.7 Å². The van der Waals surface area contributed by atoms with E-state index in [0.29, 0.717) is 18.7 Å². The first-order valence-corrected chi connectivity index (χ1v) is 10.7. The van der Waals surface area contributed by atoms with Gasteiger partial charge < -0.3 is 10.4 Å². The molecule has 0 bridgehead atoms. The van der Waals surface area contributed by atoms with Gasteiger partial charge in [-0.15, -0.1) is 0 Å². The first kappa shape index (κ1) is 19.0. The molecular formula is C20H20N4O4S. The fourth-order valence-electron chi connectivity index (χ4n) is 3.31. The quantitative estimate of drug-likeness (QED) is 0.641. The molecule has 3 aromatic rings. The molecule has 0 unspecified atom stereocenters. The molecule has 4 rings (SSSR count). The number of nitrogens with one attached hydrogen (secondary N) is 1. The fraction of sp³-hybridized carbons (Fsp3) is 0.200. The van der Waals surface area contributed by atoms with Crippen LogP contribution in [-0.4, -0.2) is 41.5 Å². The highest BCUT2D eigenvalue weighted by Gasteiger charge is 2.29. The summed E-state index contributed by atoms with van der Waals surface area (Å²) >= 11 is 0. The number of aromatic hydroxyl groups is 1. The number of anilines is 2. The van der Waals surface area contributed by atoms with Gasteiger partial charge in [0, 0.05) is 12.2 Å². The van der Waals surface area contributed by atoms with Gasteiger partial charge in [-0.1, -0.05) is 18.2 Å². The summed E-state index contributed by atoms with van der Waals surface area (Å²) in [5.41, 5.74) is 2.32. The number of benzene rings is 2. The minimum atomic E-state index is -3.36. The van der Waals surface area contributed by atoms with Gasteiger partial charge in [0.2, 0.25) is 10.0 Å². The largest absolute Gasteiger partial charge is 0.506 e. The van der Waals surface area contributed by atoms with Crippen LogP contribution in [0, 0.1) is 6.92 Å². The SMILES string of the molecule is Cc1cc(C(=O)Nc2cc(N3CCCS3(=O)=O)ccc2O)nn1-c1ccccc1. The number of amides is 1. The molecule has 2 aromatic carbocycles. The molecule has 150 valence electrons. The van der Waals surface area contributed by atoms with E-state index >= 15 is 0 Å². The van der Waals surface area contributed by atoms with Crippen LogP contribution in [0.5, 0.6) is 5.75 Å². The zero-order valence-electron chi connectivity index (χ0n) is 15.7. The molecule has 1 amide bonds. The Bertz CT molecular complexity index is 1170. The standard InChI is InChI=1S/C20H20N4O4S/c1-14-12-18(22-24(14)15-6-3-2-4-7-15)20(26)21-17-13-16(8-9-19(17)25)23-10-5-11-29(23,27)28/h2-4,6-9,12-13,25H,5,10-11H2,1H3,(H,21,26). The summed E-state index contributed by atoms with van der Waals surface area (Å²) in [7, 11) is -3.36. The minimum Gasteiger partial charge on any atom is -0.506 e. The van der Waals surface area contributed by atoms with Crippen LogP contribution >= 0.6 is 0 Å². The topological polar surface area (TPSA) is 105 Å². The second-order valence-electron chi connectivity index (χ2n) is 6.82. The Hall–Kier alpha value is -3.33. The van der Waals surface area contributed by atoms with E-state index in [1.165, 1.54) is 22.5 Å². The molecule has 0 aliphatic carbocycles. The highest BCUT2D eigenvalue weighted by atomic mass is 32.2. The Morgan fingerprint density at radius 3 is 2.55 bits per heavy atom. The lowest BCUT2D eigenvalue weighted by molar-refractivity contribution is 0.102. The molecule has 2 heterocycles. The van der Waals surface area contributed by atoms with E-state index in [-0.39, 0.29) is 22.9 Å². The molecule has 9 heteroatoms. The van der Waals surface area contributed by atoms with Crippen molar-refractivity contribution in [2.75, 3.05) is 21.9 Å². The fourth-order valence-corrected chi connectivity index (χ4v) is 4.87. The van der Waals surface area contributed by atoms with Crippen molar-refractivity contribution in [3.63, 3.8) is 0 Å². The van der Waals surface area contributed by atoms with Gasteiger partial charge in [0.15, 0.2) is 5.69 Å². The molecule has 1 saturated heterocycles. The number of rotatable bonds is 4. The molecule has 0 atom stereocenters. The van der Waals surface area contributed by atoms with Crippen molar-refractivity contribution < 1.29 is 18.3 Å². The number of nitrogens with zero attached hydrogens (tertiary/aromatic N) is 3. The number of hydrogen-bond acceptors (Lipinski definition) is 5. The Kier molecular flexibility index (Phi) is 4.75. The van der Waals surface area contributed by atoms with Crippen molar-refractivity contribution in [1.29, 1.82) is 0 Å². The van der Waals surface area contributed by atoms with Crippen molar-refractivity contribution in [3.8, 4) is 11.4 Å². The van der Waals surface area contributed by atoms with Crippen LogP contribution in [0.25, 0.3) is 5.69 Å². The first-order chi connectivity index (χ1) is 13.8. The summed E-state index contributed by atoms with van der Waals surface area (Å²) in [6.07, 6.45) is 0.543. The molecule has 2 N–H and O–H groups in total. The molecule has 1 aliphatic heterocycles. The van der Waals surface area contributed by atoms with Crippen molar-refractivity contribution in [2.45, 2.75) is 13.3 Å². The highest BCUT2D eigenvalue weighted by molar-refractivity contribution is 7.93. The maximum atomic E-state index is 12.7. The average Bonchev–Trinajstić information content (AvgIpc) is 3.26. The summed E-state index contributed by atoms with van der Waals surface area (Å²) in [5.74, 6) is -0.566. The van der Waals surface area contributed by atoms with Gasteiger partial charge in [0.1, 0.15) is 5.75 Å². The number of phenols is 1. The zero-order valence-corrected chi connectivity index (χ0v) is 16.6. The van der Waals surface area contributed by atoms with E-state index in [9.17, 15) is 18.3 Å². The van der Waals surface area contributed by atoms with Gasteiger partial charge in [-0.3, -0.25) is 9.10 Å². The van der Waals surface area contributed by atoms with Crippen LogP contribution in [0.2, 0.25) is 0 Å². The van der Waals surface area contributed by atoms with E-state index in [4.69, 9.17) is 0 Å². The predicted molar refractivity (Wildman–Crippen MR) is 110 cm³/mol. The summed E-state index contributed by atoms with van der Waals surface area (Å²) in [4.78, 5) is 12.7. The Morgan fingerprint density at radius 2 is 1.86 bits per heavy atom. The molecule has 29 heavy (non-hydrogen) atoms. The first-order valence-electron chi connectivity index (χ1n) is 9.12. The predicted octanol–water partition coefficient (Wildman–Crippen LogP) is 2.68. The molecule has 8 nitrogen and oxygen atoms in total. The van der Waals surface area contributed by atoms with Gasteiger partial charge >= 0.3 is 0 Å². The maximum absolute atomic E-state index is 12.7. The van der Waals surface area contributed by atoms with Gasteiger partial charge in [0.25, 0.3) is 5.91 Å². The molecule has 0 spiro atoms. The molecule has 1 aromatic heterocycles. The van der Waals surface area contributed by atoms with Gasteiger partial charge in [-0.05, 0) is 49.7 Å². The lowest BCUT2D eigenvalue weighted by Crippen LogP contribution is -2.25. The van der Waals surface area contributed by atoms with Gasteiger partial charge in [0.05, 0.1) is 22.8 Å². The van der Waals surface area contributed by atoms with E-state index < -0.39 is 15.9 Å². The number of aromatic nitrogens is 2. The van der Waals surface area contributed by atoms with E-state index in [1.807, 2.05) is 37.3 Å². The van der Waals surface area contributed by atoms with Crippen LogP contribution in [0.4, 0.5) is 11.4 Å². The van der Waals surface area contributed by atoms with Crippen LogP contribution in [0.1, 0.15) is 22.6 Å². The monoisotopic (exact) mass is 412 g/mol. The van der Waals surface area contributed by atoms with Crippen molar-refractivity contribution >= 4 is 27.3 Å². The number of carbonyl (C=O) groups excluding carboxylic acids is 1. The molecule has 1 fully saturated rings. The Labute approximate surface area is 168 Å². The second kappa shape index (κ2) is 7.25. The van der Waals surface area contributed by atoms with Crippen molar-refractivity contribution in [1.82, 2.24) is 9.78 Å². The third kappa shape index (κ3) is 3.68. The van der Waals surface area contributed by atoms with Crippen LogP contribution in [0.15, 0.2) is 54.6 Å². The normalized spacial score (nSPS) is 15.4. The average molecular weight is 412 g/mol. The molecule has 0 saturated carbocycles. The van der Waals surface area contributed by atoms with Gasteiger partial charge in [-0.2, -0.15) is 5.10 Å². The number of aryl methyl sites for hydroxylation is 1. The van der Waals surface area contributed by atoms with Gasteiger partial charge in [-0.25, -0.2) is 13.1 Å². The number of para-hydroxylation sites is 1. The summed E-state index contributed by atoms with van der Waals surface area (Å²) in [5, 5.41) is 17.1. The van der Waals surface area contributed by atoms with Crippen LogP contribution in [-0.2, 0) is 10.0 Å². The lowest BCUT2D eigenvalue weighted by Gasteiger charge is -2.18. The van der Waals surface area contributed by atoms with E-state index in [0.717, 1.165) is 11.4 Å². The highest BCUT2D eigenvalue weighted by Crippen LogP contribution is 2.32. The smallest absolute Gasteiger partial charge is 0.276 e. The third-order valence-corrected chi connectivity index (χ3v) is 6.61. The minimum absolute atomic E-state index is 0.0891. The third-order valence-electron chi connectivity index (χ3n) is 4.74. The molecular weight excluding hydrogens is 392 g/mol. The second-order valence-corrected chi connectivity index (χ2v) is 8.83. The summed E-state index contributed by atoms with van der Waals surface area (Å²) in [6.45, 7) is 2.22. The van der Waals surface area contributed by atoms with Crippen LogP contribution < -0.4 is 9.62 Å². The summed E-state index contributed by atoms with van der Waals surface area (Å²) < 4.78 is 27.2. The number of sulfonamides is 1. The zero-order chi connectivity index (χ0) is 20.6. The number of phenolic OH excluding ortho intramolecular Hbond substituents is 1. The Morgan fingerprint density at radius 1 is 1.10 bits per heavy atom. The van der Waals surface area contributed by atoms with E-state index in [2.05, 4.69) is 10.4 Å². The number of carbonyl (C=O) groups is 1. The van der Waals surface area contributed by atoms with Crippen molar-refractivity contribution in [2.24, 2.45) is 0 Å². The molecule has 0 radical (unpaired) electrons. The van der Waals surface area contributed by atoms with Crippen LogP contribution in [0.3, 0.4) is 0 Å². The van der Waals surface area contributed by atoms with Crippen molar-refractivity contribution in [3.05, 3.63) is 66.0 Å². The maximum Gasteiger partial charge on any atom is 0.276 e. The Balaban J connectivity index is 1.60. The molecule has 1 aliphatic rings. The lowest BCUT2D eigenvalue weighted by atomic mass is 10.2. The summed E-state index contributed by atoms with van der Waals surface area (Å²) in [6, 6.07) is 15.4. The number of hydrogen-bond donors (Lipinski definition) is 2.